The Balaban J connectivity index is 1.58. The minimum Gasteiger partial charge on any atom is -0.326 e. The van der Waals surface area contributed by atoms with Crippen LogP contribution in [0.1, 0.15) is 38.7 Å². The summed E-state index contributed by atoms with van der Waals surface area (Å²) in [7, 11) is 0. The predicted octanol–water partition coefficient (Wildman–Crippen LogP) is 3.98. The predicted molar refractivity (Wildman–Crippen MR) is 110 cm³/mol. The summed E-state index contributed by atoms with van der Waals surface area (Å²) in [5.74, 6) is -0.846. The first-order chi connectivity index (χ1) is 13.3. The first kappa shape index (κ1) is 19.6. The normalized spacial score (nSPS) is 17.7. The molecule has 2 unspecified atom stereocenters. The van der Waals surface area contributed by atoms with Crippen molar-refractivity contribution in [2.45, 2.75) is 33.1 Å². The van der Waals surface area contributed by atoms with Gasteiger partial charge in [0, 0.05) is 24.0 Å². The molecule has 0 aromatic heterocycles. The second-order valence-corrected chi connectivity index (χ2v) is 7.43. The fraction of sp³-hybridized carbons (Fsp3) is 0.318. The zero-order chi connectivity index (χ0) is 20.3. The highest BCUT2D eigenvalue weighted by Crippen LogP contribution is 2.40. The molecule has 0 heterocycles. The smallest absolute Gasteiger partial charge is 0.228 e. The molecule has 1 aliphatic rings. The van der Waals surface area contributed by atoms with Gasteiger partial charge in [-0.2, -0.15) is 0 Å². The van der Waals surface area contributed by atoms with Crippen LogP contribution in [-0.2, 0) is 14.4 Å². The molecular weight excluding hydrogens is 354 g/mol. The van der Waals surface area contributed by atoms with Crippen LogP contribution < -0.4 is 16.0 Å². The molecule has 0 aliphatic heterocycles. The van der Waals surface area contributed by atoms with Crippen LogP contribution in [0.2, 0.25) is 0 Å². The minimum absolute atomic E-state index is 0.125. The Labute approximate surface area is 164 Å². The lowest BCUT2D eigenvalue weighted by molar-refractivity contribution is -0.122. The number of rotatable bonds is 6. The maximum atomic E-state index is 12.6. The summed E-state index contributed by atoms with van der Waals surface area (Å²) in [5.41, 5.74) is 3.08. The first-order valence-corrected chi connectivity index (χ1v) is 9.43. The summed E-state index contributed by atoms with van der Waals surface area (Å²) in [4.78, 5) is 36.2. The standard InChI is InChI=1S/C22H25N3O3/c1-13(2)17-9-4-5-10-20(17)25-22(28)19-12-18(19)21(27)24-16-8-6-7-15(11-16)23-14(3)26/h4-11,13,18-19H,12H2,1-3H3,(H,23,26)(H,24,27)(H,25,28). The first-order valence-electron chi connectivity index (χ1n) is 9.43. The van der Waals surface area contributed by atoms with E-state index in [1.165, 1.54) is 6.92 Å². The van der Waals surface area contributed by atoms with Gasteiger partial charge < -0.3 is 16.0 Å². The van der Waals surface area contributed by atoms with Crippen LogP contribution in [0.25, 0.3) is 0 Å². The lowest BCUT2D eigenvalue weighted by Gasteiger charge is -2.13. The van der Waals surface area contributed by atoms with Crippen LogP contribution in [0, 0.1) is 11.8 Å². The highest BCUT2D eigenvalue weighted by atomic mass is 16.2. The minimum atomic E-state index is -0.337. The van der Waals surface area contributed by atoms with Crippen LogP contribution in [0.4, 0.5) is 17.1 Å². The van der Waals surface area contributed by atoms with Crippen molar-refractivity contribution in [1.82, 2.24) is 0 Å². The zero-order valence-electron chi connectivity index (χ0n) is 16.3. The highest BCUT2D eigenvalue weighted by molar-refractivity contribution is 6.03. The summed E-state index contributed by atoms with van der Waals surface area (Å²) < 4.78 is 0. The molecule has 146 valence electrons. The monoisotopic (exact) mass is 379 g/mol. The van der Waals surface area contributed by atoms with Gasteiger partial charge in [-0.3, -0.25) is 14.4 Å². The summed E-state index contributed by atoms with van der Waals surface area (Å²) >= 11 is 0. The number of hydrogen-bond donors (Lipinski definition) is 3. The van der Waals surface area contributed by atoms with E-state index in [1.54, 1.807) is 24.3 Å². The van der Waals surface area contributed by atoms with E-state index in [4.69, 9.17) is 0 Å². The van der Waals surface area contributed by atoms with E-state index in [1.807, 2.05) is 24.3 Å². The van der Waals surface area contributed by atoms with Crippen LogP contribution >= 0.6 is 0 Å². The van der Waals surface area contributed by atoms with E-state index < -0.39 is 0 Å². The number of anilines is 3. The van der Waals surface area contributed by atoms with E-state index in [9.17, 15) is 14.4 Å². The summed E-state index contributed by atoms with van der Waals surface area (Å²) in [6, 6.07) is 14.7. The van der Waals surface area contributed by atoms with Gasteiger partial charge in [-0.1, -0.05) is 38.1 Å². The van der Waals surface area contributed by atoms with Crippen molar-refractivity contribution in [2.75, 3.05) is 16.0 Å². The third-order valence-electron chi connectivity index (χ3n) is 4.76. The molecule has 0 radical (unpaired) electrons. The SMILES string of the molecule is CC(=O)Nc1cccc(NC(=O)C2CC2C(=O)Nc2ccccc2C(C)C)c1. The number of benzene rings is 2. The lowest BCUT2D eigenvalue weighted by Crippen LogP contribution is -2.21. The van der Waals surface area contributed by atoms with Gasteiger partial charge in [-0.05, 0) is 42.2 Å². The molecular formula is C22H25N3O3. The lowest BCUT2D eigenvalue weighted by atomic mass is 10.0. The van der Waals surface area contributed by atoms with Crippen LogP contribution in [0.3, 0.4) is 0 Å². The maximum absolute atomic E-state index is 12.6. The van der Waals surface area contributed by atoms with Gasteiger partial charge in [0.2, 0.25) is 17.7 Å². The molecule has 0 saturated heterocycles. The summed E-state index contributed by atoms with van der Waals surface area (Å²) in [6.45, 7) is 5.58. The van der Waals surface area contributed by atoms with Crippen molar-refractivity contribution in [3.63, 3.8) is 0 Å². The molecule has 3 N–H and O–H groups in total. The van der Waals surface area contributed by atoms with Gasteiger partial charge in [0.05, 0.1) is 11.8 Å². The molecule has 0 bridgehead atoms. The number of amides is 3. The van der Waals surface area contributed by atoms with E-state index >= 15 is 0 Å². The molecule has 3 amide bonds. The quantitative estimate of drug-likeness (QED) is 0.709. The topological polar surface area (TPSA) is 87.3 Å². The fourth-order valence-corrected chi connectivity index (χ4v) is 3.23. The van der Waals surface area contributed by atoms with Crippen LogP contribution in [0.5, 0.6) is 0 Å². The van der Waals surface area contributed by atoms with Crippen molar-refractivity contribution >= 4 is 34.8 Å². The van der Waals surface area contributed by atoms with Gasteiger partial charge in [0.25, 0.3) is 0 Å². The Hall–Kier alpha value is -3.15. The third kappa shape index (κ3) is 4.76. The average Bonchev–Trinajstić information content (AvgIpc) is 3.43. The van der Waals surface area contributed by atoms with Gasteiger partial charge in [-0.15, -0.1) is 0 Å². The third-order valence-corrected chi connectivity index (χ3v) is 4.76. The van der Waals surface area contributed by atoms with Crippen molar-refractivity contribution in [3.05, 3.63) is 54.1 Å². The largest absolute Gasteiger partial charge is 0.326 e. The Kier molecular flexibility index (Phi) is 5.78. The molecule has 6 nitrogen and oxygen atoms in total. The maximum Gasteiger partial charge on any atom is 0.228 e. The molecule has 2 aromatic rings. The van der Waals surface area contributed by atoms with Gasteiger partial charge >= 0.3 is 0 Å². The van der Waals surface area contributed by atoms with Crippen LogP contribution in [-0.4, -0.2) is 17.7 Å². The molecule has 2 aromatic carbocycles. The second kappa shape index (κ2) is 8.25. The number of nitrogens with one attached hydrogen (secondary N) is 3. The molecule has 2 atom stereocenters. The molecule has 1 saturated carbocycles. The molecule has 1 fully saturated rings. The molecule has 28 heavy (non-hydrogen) atoms. The average molecular weight is 379 g/mol. The van der Waals surface area contributed by atoms with E-state index in [0.717, 1.165) is 11.3 Å². The number of carbonyl (C=O) groups excluding carboxylic acids is 3. The Morgan fingerprint density at radius 1 is 0.857 bits per heavy atom. The highest BCUT2D eigenvalue weighted by Gasteiger charge is 2.48. The van der Waals surface area contributed by atoms with Gasteiger partial charge in [0.1, 0.15) is 0 Å². The summed E-state index contributed by atoms with van der Waals surface area (Å²) in [5, 5.41) is 8.47. The Morgan fingerprint density at radius 3 is 2.11 bits per heavy atom. The number of carbonyl (C=O) groups is 3. The van der Waals surface area contributed by atoms with Crippen molar-refractivity contribution < 1.29 is 14.4 Å². The Morgan fingerprint density at radius 2 is 1.46 bits per heavy atom. The van der Waals surface area contributed by atoms with Crippen molar-refractivity contribution in [2.24, 2.45) is 11.8 Å². The Bertz CT molecular complexity index is 907. The summed E-state index contributed by atoms with van der Waals surface area (Å²) in [6.07, 6.45) is 0.535. The zero-order valence-corrected chi connectivity index (χ0v) is 16.3. The van der Waals surface area contributed by atoms with Crippen molar-refractivity contribution in [3.8, 4) is 0 Å². The van der Waals surface area contributed by atoms with Gasteiger partial charge in [-0.25, -0.2) is 0 Å². The fourth-order valence-electron chi connectivity index (χ4n) is 3.23. The molecule has 3 rings (SSSR count). The van der Waals surface area contributed by atoms with E-state index in [0.29, 0.717) is 23.7 Å². The van der Waals surface area contributed by atoms with E-state index in [2.05, 4.69) is 29.8 Å². The molecule has 0 spiro atoms. The molecule has 6 heteroatoms. The van der Waals surface area contributed by atoms with Crippen molar-refractivity contribution in [1.29, 1.82) is 0 Å². The number of para-hydroxylation sites is 1. The van der Waals surface area contributed by atoms with E-state index in [-0.39, 0.29) is 29.6 Å². The van der Waals surface area contributed by atoms with Gasteiger partial charge in [0.15, 0.2) is 0 Å². The molecule has 1 aliphatic carbocycles. The second-order valence-electron chi connectivity index (χ2n) is 7.43. The van der Waals surface area contributed by atoms with Crippen LogP contribution in [0.15, 0.2) is 48.5 Å². The number of hydrogen-bond acceptors (Lipinski definition) is 3.